The number of hydrogen-bond acceptors (Lipinski definition) is 5. The topological polar surface area (TPSA) is 62.5 Å². The summed E-state index contributed by atoms with van der Waals surface area (Å²) in [6.07, 6.45) is 8.43. The number of nitrogens with one attached hydrogen (secondary N) is 1. The molecule has 0 aliphatic carbocycles. The molecule has 0 saturated carbocycles. The first-order valence-corrected chi connectivity index (χ1v) is 9.03. The Hall–Kier alpha value is -2.41. The van der Waals surface area contributed by atoms with E-state index in [4.69, 9.17) is 0 Å². The van der Waals surface area contributed by atoms with Gasteiger partial charge in [-0.1, -0.05) is 0 Å². The van der Waals surface area contributed by atoms with Crippen LogP contribution >= 0.6 is 11.3 Å². The van der Waals surface area contributed by atoms with E-state index in [1.54, 1.807) is 11.3 Å². The van der Waals surface area contributed by atoms with Crippen LogP contribution in [0.15, 0.2) is 36.1 Å². The number of thiazole rings is 1. The number of rotatable bonds is 5. The molecule has 0 aromatic carbocycles. The predicted molar refractivity (Wildman–Crippen MR) is 94.3 cm³/mol. The minimum Gasteiger partial charge on any atom is -0.357 e. The molecule has 3 aromatic rings. The highest BCUT2D eigenvalue weighted by Gasteiger charge is 2.14. The van der Waals surface area contributed by atoms with Crippen molar-refractivity contribution in [2.45, 2.75) is 25.8 Å². The second-order valence-electron chi connectivity index (χ2n) is 6.00. The lowest BCUT2D eigenvalue weighted by molar-refractivity contribution is -0.120. The number of anilines is 1. The van der Waals surface area contributed by atoms with Gasteiger partial charge in [0.05, 0.1) is 12.1 Å². The van der Waals surface area contributed by atoms with E-state index in [1.807, 2.05) is 34.4 Å². The number of nitrogens with zero attached hydrogens (tertiary/aromatic N) is 4. The summed E-state index contributed by atoms with van der Waals surface area (Å²) in [5.41, 5.74) is 1.87. The van der Waals surface area contributed by atoms with E-state index in [2.05, 4.69) is 26.3 Å². The van der Waals surface area contributed by atoms with E-state index in [0.717, 1.165) is 35.1 Å². The maximum absolute atomic E-state index is 12.1. The van der Waals surface area contributed by atoms with Crippen molar-refractivity contribution in [1.29, 1.82) is 0 Å². The van der Waals surface area contributed by atoms with E-state index in [1.165, 1.54) is 12.8 Å². The Bertz CT molecular complexity index is 821. The van der Waals surface area contributed by atoms with Gasteiger partial charge in [-0.25, -0.2) is 9.97 Å². The number of carbonyl (C=O) groups excluding carboxylic acids is 1. The SMILES string of the molecule is O=C(Cc1cn2ccsc2n1)NCc1ccnc(N2CCCC2)c1. The van der Waals surface area contributed by atoms with Crippen LogP contribution in [0.2, 0.25) is 0 Å². The molecule has 0 radical (unpaired) electrons. The molecule has 1 aliphatic heterocycles. The smallest absolute Gasteiger partial charge is 0.226 e. The normalized spacial score (nSPS) is 14.4. The molecule has 3 aromatic heterocycles. The molecule has 4 rings (SSSR count). The predicted octanol–water partition coefficient (Wildman–Crippen LogP) is 2.25. The summed E-state index contributed by atoms with van der Waals surface area (Å²) < 4.78 is 1.94. The van der Waals surface area contributed by atoms with Crippen molar-refractivity contribution in [2.75, 3.05) is 18.0 Å². The first kappa shape index (κ1) is 15.1. The van der Waals surface area contributed by atoms with Gasteiger partial charge in [0.1, 0.15) is 5.82 Å². The van der Waals surface area contributed by atoms with Crippen molar-refractivity contribution in [3.8, 4) is 0 Å². The molecule has 0 spiro atoms. The highest BCUT2D eigenvalue weighted by molar-refractivity contribution is 7.15. The molecule has 1 aliphatic rings. The minimum atomic E-state index is -0.0136. The molecule has 0 unspecified atom stereocenters. The third-order valence-electron chi connectivity index (χ3n) is 4.21. The molecule has 6 nitrogen and oxygen atoms in total. The number of hydrogen-bond donors (Lipinski definition) is 1. The number of imidazole rings is 1. The minimum absolute atomic E-state index is 0.0136. The lowest BCUT2D eigenvalue weighted by atomic mass is 10.2. The maximum Gasteiger partial charge on any atom is 0.226 e. The van der Waals surface area contributed by atoms with Crippen molar-refractivity contribution in [3.05, 3.63) is 47.4 Å². The van der Waals surface area contributed by atoms with E-state index in [0.29, 0.717) is 13.0 Å². The lowest BCUT2D eigenvalue weighted by Gasteiger charge is -2.16. The fourth-order valence-corrected chi connectivity index (χ4v) is 3.70. The number of pyridine rings is 1. The lowest BCUT2D eigenvalue weighted by Crippen LogP contribution is -2.25. The molecule has 1 saturated heterocycles. The van der Waals surface area contributed by atoms with Gasteiger partial charge in [-0.15, -0.1) is 11.3 Å². The average molecular weight is 341 g/mol. The van der Waals surface area contributed by atoms with Gasteiger partial charge >= 0.3 is 0 Å². The van der Waals surface area contributed by atoms with E-state index >= 15 is 0 Å². The molecular weight excluding hydrogens is 322 g/mol. The molecular formula is C17H19N5OS. The molecule has 1 fully saturated rings. The highest BCUT2D eigenvalue weighted by Crippen LogP contribution is 2.18. The Morgan fingerprint density at radius 1 is 1.33 bits per heavy atom. The molecule has 124 valence electrons. The monoisotopic (exact) mass is 341 g/mol. The van der Waals surface area contributed by atoms with E-state index < -0.39 is 0 Å². The Morgan fingerprint density at radius 3 is 3.04 bits per heavy atom. The maximum atomic E-state index is 12.1. The second-order valence-corrected chi connectivity index (χ2v) is 6.87. The van der Waals surface area contributed by atoms with Crippen molar-refractivity contribution >= 4 is 28.0 Å². The van der Waals surface area contributed by atoms with Crippen LogP contribution in [0.4, 0.5) is 5.82 Å². The van der Waals surface area contributed by atoms with Crippen LogP contribution in [0.1, 0.15) is 24.1 Å². The second kappa shape index (κ2) is 6.60. The Morgan fingerprint density at radius 2 is 2.21 bits per heavy atom. The van der Waals surface area contributed by atoms with Gasteiger partial charge < -0.3 is 10.2 Å². The van der Waals surface area contributed by atoms with Crippen molar-refractivity contribution < 1.29 is 4.79 Å². The first-order chi connectivity index (χ1) is 11.8. The standard InChI is InChI=1S/C17H19N5OS/c23-16(10-14-12-22-7-8-24-17(22)20-14)19-11-13-3-4-18-15(9-13)21-5-1-2-6-21/h3-4,7-9,12H,1-2,5-6,10-11H2,(H,19,23). The van der Waals surface area contributed by atoms with Crippen LogP contribution in [0, 0.1) is 0 Å². The Balaban J connectivity index is 1.34. The summed E-state index contributed by atoms with van der Waals surface area (Å²) in [4.78, 5) is 24.2. The highest BCUT2D eigenvalue weighted by atomic mass is 32.1. The Labute approximate surface area is 144 Å². The van der Waals surface area contributed by atoms with E-state index in [9.17, 15) is 4.79 Å². The first-order valence-electron chi connectivity index (χ1n) is 8.15. The largest absolute Gasteiger partial charge is 0.357 e. The fourth-order valence-electron chi connectivity index (χ4n) is 2.98. The van der Waals surface area contributed by atoms with Gasteiger partial charge in [0.2, 0.25) is 5.91 Å². The summed E-state index contributed by atoms with van der Waals surface area (Å²) >= 11 is 1.57. The van der Waals surface area contributed by atoms with Crippen molar-refractivity contribution in [3.63, 3.8) is 0 Å². The number of amides is 1. The van der Waals surface area contributed by atoms with Crippen LogP contribution in [0.25, 0.3) is 4.96 Å². The van der Waals surface area contributed by atoms with Gasteiger partial charge in [-0.3, -0.25) is 9.20 Å². The zero-order chi connectivity index (χ0) is 16.4. The van der Waals surface area contributed by atoms with Crippen LogP contribution in [-0.4, -0.2) is 33.4 Å². The fraction of sp³-hybridized carbons (Fsp3) is 0.353. The number of aromatic nitrogens is 3. The summed E-state index contributed by atoms with van der Waals surface area (Å²) in [7, 11) is 0. The van der Waals surface area contributed by atoms with Crippen molar-refractivity contribution in [2.24, 2.45) is 0 Å². The van der Waals surface area contributed by atoms with Gasteiger partial charge in [-0.2, -0.15) is 0 Å². The molecule has 24 heavy (non-hydrogen) atoms. The zero-order valence-electron chi connectivity index (χ0n) is 13.3. The summed E-state index contributed by atoms with van der Waals surface area (Å²) in [6, 6.07) is 4.02. The Kier molecular flexibility index (Phi) is 4.17. The molecule has 1 N–H and O–H groups in total. The summed E-state index contributed by atoms with van der Waals surface area (Å²) in [5.74, 6) is 0.994. The molecule has 0 bridgehead atoms. The summed E-state index contributed by atoms with van der Waals surface area (Å²) in [5, 5.41) is 4.95. The zero-order valence-corrected chi connectivity index (χ0v) is 14.1. The van der Waals surface area contributed by atoms with E-state index in [-0.39, 0.29) is 5.91 Å². The quantitative estimate of drug-likeness (QED) is 0.773. The number of carbonyl (C=O) groups is 1. The number of fused-ring (bicyclic) bond motifs is 1. The third kappa shape index (κ3) is 3.26. The average Bonchev–Trinajstić information content (AvgIpc) is 3.30. The van der Waals surface area contributed by atoms with Crippen LogP contribution in [0.3, 0.4) is 0 Å². The molecule has 0 atom stereocenters. The van der Waals surface area contributed by atoms with Gasteiger partial charge in [0.25, 0.3) is 0 Å². The van der Waals surface area contributed by atoms with Gasteiger partial charge in [0.15, 0.2) is 4.96 Å². The van der Waals surface area contributed by atoms with Gasteiger partial charge in [0, 0.05) is 43.6 Å². The van der Waals surface area contributed by atoms with Gasteiger partial charge in [-0.05, 0) is 30.5 Å². The molecule has 1 amide bonds. The van der Waals surface area contributed by atoms with Crippen LogP contribution in [-0.2, 0) is 17.8 Å². The van der Waals surface area contributed by atoms with Crippen LogP contribution in [0.5, 0.6) is 0 Å². The molecule has 7 heteroatoms. The van der Waals surface area contributed by atoms with Crippen molar-refractivity contribution in [1.82, 2.24) is 19.7 Å². The third-order valence-corrected chi connectivity index (χ3v) is 4.99. The summed E-state index contributed by atoms with van der Waals surface area (Å²) in [6.45, 7) is 2.66. The molecule has 4 heterocycles. The van der Waals surface area contributed by atoms with Crippen LogP contribution < -0.4 is 10.2 Å².